The first-order valence-electron chi connectivity index (χ1n) is 5.53. The lowest BCUT2D eigenvalue weighted by Gasteiger charge is -2.18. The maximum atomic E-state index is 11.3. The van der Waals surface area contributed by atoms with Gasteiger partial charge in [0.25, 0.3) is 0 Å². The summed E-state index contributed by atoms with van der Waals surface area (Å²) in [6.07, 6.45) is -1.27. The van der Waals surface area contributed by atoms with Gasteiger partial charge in [0.15, 0.2) is 6.10 Å². The molecule has 1 aromatic carbocycles. The standard InChI is InChI=1S/C13H18O4/c1-4-17-12(15)11(14)9-5-7-10(8-6-9)13(2,3)16/h5-8,11,14,16H,4H2,1-3H3. The van der Waals surface area contributed by atoms with E-state index in [1.165, 1.54) is 0 Å². The summed E-state index contributed by atoms with van der Waals surface area (Å²) >= 11 is 0. The van der Waals surface area contributed by atoms with Crippen LogP contribution in [0, 0.1) is 0 Å². The van der Waals surface area contributed by atoms with E-state index in [0.29, 0.717) is 5.56 Å². The Balaban J connectivity index is 2.84. The number of ether oxygens (including phenoxy) is 1. The average molecular weight is 238 g/mol. The van der Waals surface area contributed by atoms with Crippen molar-refractivity contribution >= 4 is 5.97 Å². The van der Waals surface area contributed by atoms with Gasteiger partial charge in [0.1, 0.15) is 0 Å². The van der Waals surface area contributed by atoms with Gasteiger partial charge in [-0.2, -0.15) is 0 Å². The molecular weight excluding hydrogens is 220 g/mol. The first-order valence-corrected chi connectivity index (χ1v) is 5.53. The lowest BCUT2D eigenvalue weighted by atomic mass is 9.96. The molecule has 0 heterocycles. The maximum Gasteiger partial charge on any atom is 0.339 e. The van der Waals surface area contributed by atoms with Crippen LogP contribution in [0.3, 0.4) is 0 Å². The molecule has 2 N–H and O–H groups in total. The van der Waals surface area contributed by atoms with Gasteiger partial charge in [-0.05, 0) is 31.9 Å². The third-order valence-electron chi connectivity index (χ3n) is 2.44. The molecule has 0 bridgehead atoms. The molecule has 0 fully saturated rings. The van der Waals surface area contributed by atoms with E-state index >= 15 is 0 Å². The van der Waals surface area contributed by atoms with Crippen molar-refractivity contribution in [3.8, 4) is 0 Å². The third-order valence-corrected chi connectivity index (χ3v) is 2.44. The highest BCUT2D eigenvalue weighted by Gasteiger charge is 2.20. The number of hydrogen-bond acceptors (Lipinski definition) is 4. The van der Waals surface area contributed by atoms with Crippen molar-refractivity contribution in [1.29, 1.82) is 0 Å². The summed E-state index contributed by atoms with van der Waals surface area (Å²) in [5.41, 5.74) is 0.238. The van der Waals surface area contributed by atoms with Crippen LogP contribution in [0.4, 0.5) is 0 Å². The summed E-state index contributed by atoms with van der Waals surface area (Å²) in [7, 11) is 0. The van der Waals surface area contributed by atoms with E-state index < -0.39 is 17.7 Å². The SMILES string of the molecule is CCOC(=O)C(O)c1ccc(C(C)(C)O)cc1. The van der Waals surface area contributed by atoms with Crippen LogP contribution in [-0.2, 0) is 15.1 Å². The Bertz CT molecular complexity index is 375. The molecule has 0 aliphatic rings. The molecular formula is C13H18O4. The molecule has 1 aromatic rings. The number of carbonyl (C=O) groups is 1. The predicted octanol–water partition coefficient (Wildman–Crippen LogP) is 1.51. The third kappa shape index (κ3) is 3.54. The first kappa shape index (κ1) is 13.7. The van der Waals surface area contributed by atoms with Crippen LogP contribution in [0.1, 0.15) is 38.0 Å². The van der Waals surface area contributed by atoms with Gasteiger partial charge in [-0.25, -0.2) is 4.79 Å². The fourth-order valence-electron chi connectivity index (χ4n) is 1.43. The molecule has 17 heavy (non-hydrogen) atoms. The molecule has 0 radical (unpaired) electrons. The fourth-order valence-corrected chi connectivity index (χ4v) is 1.43. The first-order chi connectivity index (χ1) is 7.86. The quantitative estimate of drug-likeness (QED) is 0.780. The Kier molecular flexibility index (Phi) is 4.26. The van der Waals surface area contributed by atoms with E-state index in [1.54, 1.807) is 45.0 Å². The molecule has 0 saturated heterocycles. The molecule has 0 spiro atoms. The summed E-state index contributed by atoms with van der Waals surface area (Å²) in [5.74, 6) is -0.663. The van der Waals surface area contributed by atoms with Crippen LogP contribution in [0.15, 0.2) is 24.3 Å². The summed E-state index contributed by atoms with van der Waals surface area (Å²) in [6, 6.07) is 6.57. The zero-order valence-corrected chi connectivity index (χ0v) is 10.3. The summed E-state index contributed by atoms with van der Waals surface area (Å²) in [4.78, 5) is 11.3. The Hall–Kier alpha value is -1.39. The van der Waals surface area contributed by atoms with Gasteiger partial charge < -0.3 is 14.9 Å². The van der Waals surface area contributed by atoms with Crippen LogP contribution in [0.25, 0.3) is 0 Å². The largest absolute Gasteiger partial charge is 0.464 e. The van der Waals surface area contributed by atoms with Crippen molar-refractivity contribution in [3.05, 3.63) is 35.4 Å². The minimum atomic E-state index is -1.27. The van der Waals surface area contributed by atoms with E-state index in [9.17, 15) is 15.0 Å². The summed E-state index contributed by atoms with van der Waals surface area (Å²) in [5, 5.41) is 19.4. The molecule has 0 aliphatic heterocycles. The predicted molar refractivity (Wildman–Crippen MR) is 63.3 cm³/mol. The van der Waals surface area contributed by atoms with Crippen molar-refractivity contribution in [2.45, 2.75) is 32.5 Å². The molecule has 1 rings (SSSR count). The van der Waals surface area contributed by atoms with Crippen molar-refractivity contribution in [2.24, 2.45) is 0 Å². The molecule has 0 saturated carbocycles. The van der Waals surface area contributed by atoms with Crippen LogP contribution >= 0.6 is 0 Å². The molecule has 1 atom stereocenters. The van der Waals surface area contributed by atoms with Crippen molar-refractivity contribution in [3.63, 3.8) is 0 Å². The highest BCUT2D eigenvalue weighted by molar-refractivity contribution is 5.76. The number of rotatable bonds is 4. The molecule has 4 nitrogen and oxygen atoms in total. The van der Waals surface area contributed by atoms with E-state index in [-0.39, 0.29) is 6.61 Å². The van der Waals surface area contributed by atoms with E-state index in [2.05, 4.69) is 0 Å². The molecule has 4 heteroatoms. The number of aliphatic hydroxyl groups excluding tert-OH is 1. The lowest BCUT2D eigenvalue weighted by Crippen LogP contribution is -2.17. The monoisotopic (exact) mass is 238 g/mol. The normalized spacial score (nSPS) is 13.2. The number of esters is 1. The number of aliphatic hydroxyl groups is 2. The van der Waals surface area contributed by atoms with E-state index in [4.69, 9.17) is 4.74 Å². The van der Waals surface area contributed by atoms with Gasteiger partial charge in [-0.15, -0.1) is 0 Å². The Morgan fingerprint density at radius 2 is 1.88 bits per heavy atom. The smallest absolute Gasteiger partial charge is 0.339 e. The average Bonchev–Trinajstić information content (AvgIpc) is 2.27. The second-order valence-electron chi connectivity index (χ2n) is 4.34. The Labute approximate surface area is 101 Å². The summed E-state index contributed by atoms with van der Waals surface area (Å²) < 4.78 is 4.72. The van der Waals surface area contributed by atoms with Crippen molar-refractivity contribution in [1.82, 2.24) is 0 Å². The molecule has 1 unspecified atom stereocenters. The van der Waals surface area contributed by atoms with Crippen LogP contribution in [-0.4, -0.2) is 22.8 Å². The van der Waals surface area contributed by atoms with Gasteiger partial charge in [0.2, 0.25) is 0 Å². The maximum absolute atomic E-state index is 11.3. The topological polar surface area (TPSA) is 66.8 Å². The molecule has 0 amide bonds. The van der Waals surface area contributed by atoms with Crippen molar-refractivity contribution in [2.75, 3.05) is 6.61 Å². The van der Waals surface area contributed by atoms with E-state index in [0.717, 1.165) is 5.56 Å². The number of carbonyl (C=O) groups excluding carboxylic acids is 1. The summed E-state index contributed by atoms with van der Waals surface area (Å²) in [6.45, 7) is 5.26. The minimum absolute atomic E-state index is 0.234. The van der Waals surface area contributed by atoms with Gasteiger partial charge >= 0.3 is 5.97 Å². The lowest BCUT2D eigenvalue weighted by molar-refractivity contribution is -0.153. The highest BCUT2D eigenvalue weighted by Crippen LogP contribution is 2.22. The molecule has 94 valence electrons. The van der Waals surface area contributed by atoms with Gasteiger partial charge in [0, 0.05) is 0 Å². The fraction of sp³-hybridized carbons (Fsp3) is 0.462. The second-order valence-corrected chi connectivity index (χ2v) is 4.34. The number of hydrogen-bond donors (Lipinski definition) is 2. The van der Waals surface area contributed by atoms with Crippen LogP contribution in [0.2, 0.25) is 0 Å². The highest BCUT2D eigenvalue weighted by atomic mass is 16.5. The van der Waals surface area contributed by atoms with Crippen molar-refractivity contribution < 1.29 is 19.7 Å². The molecule has 0 aromatic heterocycles. The number of benzene rings is 1. The zero-order chi connectivity index (χ0) is 13.1. The van der Waals surface area contributed by atoms with Gasteiger partial charge in [0.05, 0.1) is 12.2 Å². The van der Waals surface area contributed by atoms with E-state index in [1.807, 2.05) is 0 Å². The van der Waals surface area contributed by atoms with Crippen LogP contribution < -0.4 is 0 Å². The minimum Gasteiger partial charge on any atom is -0.464 e. The zero-order valence-electron chi connectivity index (χ0n) is 10.3. The molecule has 0 aliphatic carbocycles. The Morgan fingerprint density at radius 1 is 1.35 bits per heavy atom. The van der Waals surface area contributed by atoms with Gasteiger partial charge in [-0.3, -0.25) is 0 Å². The second kappa shape index (κ2) is 5.29. The van der Waals surface area contributed by atoms with Crippen LogP contribution in [0.5, 0.6) is 0 Å². The van der Waals surface area contributed by atoms with Gasteiger partial charge in [-0.1, -0.05) is 24.3 Å². The Morgan fingerprint density at radius 3 is 2.29 bits per heavy atom.